The average Bonchev–Trinajstić information content (AvgIpc) is 3.40. The van der Waals surface area contributed by atoms with Gasteiger partial charge in [0.15, 0.2) is 0 Å². The molecule has 0 bridgehead atoms. The molecule has 0 aromatic rings. The second-order valence-corrected chi connectivity index (χ2v) is 23.5. The number of carbonyl (C=O) groups is 2. The number of ether oxygens (including phenoxy) is 1. The summed E-state index contributed by atoms with van der Waals surface area (Å²) < 4.78 is 5.50. The van der Waals surface area contributed by atoms with Crippen molar-refractivity contribution in [3.63, 3.8) is 0 Å². The number of aliphatic hydroxyl groups excluding tert-OH is 2. The first kappa shape index (κ1) is 72.6. The molecule has 1 amide bonds. The summed E-state index contributed by atoms with van der Waals surface area (Å²) in [6, 6.07) is -0.629. The van der Waals surface area contributed by atoms with Crippen molar-refractivity contribution in [2.75, 3.05) is 13.2 Å². The molecule has 0 spiro atoms. The van der Waals surface area contributed by atoms with Crippen molar-refractivity contribution in [1.29, 1.82) is 0 Å². The van der Waals surface area contributed by atoms with Gasteiger partial charge in [-0.25, -0.2) is 0 Å². The van der Waals surface area contributed by atoms with E-state index in [-0.39, 0.29) is 18.5 Å². The third-order valence-corrected chi connectivity index (χ3v) is 16.1. The Bertz CT molecular complexity index is 1110. The summed E-state index contributed by atoms with van der Waals surface area (Å²) in [4.78, 5) is 24.6. The summed E-state index contributed by atoms with van der Waals surface area (Å²) in [5, 5.41) is 23.2. The minimum absolute atomic E-state index is 0.0159. The van der Waals surface area contributed by atoms with Gasteiger partial charge in [-0.3, -0.25) is 9.59 Å². The van der Waals surface area contributed by atoms with Gasteiger partial charge in [0.2, 0.25) is 5.91 Å². The van der Waals surface area contributed by atoms with Gasteiger partial charge in [0.25, 0.3) is 0 Å². The maximum Gasteiger partial charge on any atom is 0.305 e. The van der Waals surface area contributed by atoms with E-state index < -0.39 is 12.1 Å². The first-order chi connectivity index (χ1) is 36.5. The van der Waals surface area contributed by atoms with Gasteiger partial charge in [-0.05, 0) is 32.1 Å². The van der Waals surface area contributed by atoms with Gasteiger partial charge in [-0.2, -0.15) is 0 Å². The van der Waals surface area contributed by atoms with Crippen LogP contribution in [0.2, 0.25) is 0 Å². The number of rotatable bonds is 64. The molecule has 6 heteroatoms. The zero-order chi connectivity index (χ0) is 53.6. The van der Waals surface area contributed by atoms with Crippen LogP contribution in [0.1, 0.15) is 386 Å². The highest BCUT2D eigenvalue weighted by Crippen LogP contribution is 2.19. The van der Waals surface area contributed by atoms with E-state index in [0.717, 1.165) is 38.5 Å². The monoisotopic (exact) mass is 1040 g/mol. The van der Waals surface area contributed by atoms with E-state index in [1.54, 1.807) is 6.08 Å². The normalized spacial score (nSPS) is 12.5. The fourth-order valence-corrected chi connectivity index (χ4v) is 10.9. The minimum atomic E-state index is -0.845. The minimum Gasteiger partial charge on any atom is -0.466 e. The van der Waals surface area contributed by atoms with Crippen molar-refractivity contribution in [1.82, 2.24) is 5.32 Å². The van der Waals surface area contributed by atoms with Gasteiger partial charge in [-0.1, -0.05) is 353 Å². The summed E-state index contributed by atoms with van der Waals surface area (Å²) in [7, 11) is 0. The van der Waals surface area contributed by atoms with Crippen LogP contribution >= 0.6 is 0 Å². The second kappa shape index (κ2) is 64.1. The molecule has 0 radical (unpaired) electrons. The molecule has 2 unspecified atom stereocenters. The fraction of sp³-hybridized carbons (Fsp3) is 0.941. The molecular weight excluding hydrogens is 911 g/mol. The molecule has 0 saturated heterocycles. The molecule has 0 rings (SSSR count). The number of aliphatic hydroxyl groups is 2. The molecule has 0 aliphatic rings. The van der Waals surface area contributed by atoms with Crippen LogP contribution in [0.3, 0.4) is 0 Å². The predicted molar refractivity (Wildman–Crippen MR) is 324 cm³/mol. The summed E-state index contributed by atoms with van der Waals surface area (Å²) >= 11 is 0. The SMILES string of the molecule is CCCCCCCCCCCCCCCCCCCC/C=C/C(O)C(CO)NC(=O)CCCCCCCCCCCCCCCCCCCCCCCOC(=O)CCCCCCCCCCCCCCCCCC. The number of esters is 1. The quantitative estimate of drug-likeness (QED) is 0.0320. The van der Waals surface area contributed by atoms with Crippen molar-refractivity contribution in [2.45, 2.75) is 398 Å². The topological polar surface area (TPSA) is 95.9 Å². The van der Waals surface area contributed by atoms with Crippen LogP contribution in [0.5, 0.6) is 0 Å². The third kappa shape index (κ3) is 59.8. The molecule has 6 nitrogen and oxygen atoms in total. The maximum atomic E-state index is 12.5. The Morgan fingerprint density at radius 2 is 0.622 bits per heavy atom. The molecule has 0 saturated carbocycles. The van der Waals surface area contributed by atoms with Crippen molar-refractivity contribution in [2.24, 2.45) is 0 Å². The highest BCUT2D eigenvalue weighted by Gasteiger charge is 2.18. The predicted octanol–water partition coefficient (Wildman–Crippen LogP) is 21.6. The molecule has 0 aromatic heterocycles. The number of nitrogens with one attached hydrogen (secondary N) is 1. The molecule has 2 atom stereocenters. The molecule has 0 heterocycles. The van der Waals surface area contributed by atoms with Gasteiger partial charge >= 0.3 is 5.97 Å². The van der Waals surface area contributed by atoms with E-state index in [9.17, 15) is 19.8 Å². The van der Waals surface area contributed by atoms with E-state index in [4.69, 9.17) is 4.74 Å². The number of unbranched alkanes of at least 4 members (excludes halogenated alkanes) is 53. The zero-order valence-electron chi connectivity index (χ0n) is 50.4. The number of hydrogen-bond donors (Lipinski definition) is 3. The van der Waals surface area contributed by atoms with E-state index in [2.05, 4.69) is 19.2 Å². The Hall–Kier alpha value is -1.40. The Labute approximate surface area is 463 Å². The van der Waals surface area contributed by atoms with Crippen molar-refractivity contribution >= 4 is 11.9 Å². The highest BCUT2D eigenvalue weighted by molar-refractivity contribution is 5.76. The van der Waals surface area contributed by atoms with Gasteiger partial charge in [0.05, 0.1) is 25.4 Å². The standard InChI is InChI=1S/C68H133NO5/c1-3-5-7-9-11-13-15-17-19-21-22-26-29-32-36-40-44-48-52-56-60-66(71)65(64-70)69-67(72)61-57-53-49-45-41-37-33-30-27-24-23-25-28-31-35-39-43-47-51-55-59-63-74-68(73)62-58-54-50-46-42-38-34-20-18-16-14-12-10-8-6-4-2/h56,60,65-66,70-71H,3-55,57-59,61-64H2,1-2H3,(H,69,72)/b60-56+. The van der Waals surface area contributed by atoms with Crippen LogP contribution < -0.4 is 5.32 Å². The first-order valence-corrected chi connectivity index (χ1v) is 34.0. The maximum absolute atomic E-state index is 12.5. The fourth-order valence-electron chi connectivity index (χ4n) is 10.9. The zero-order valence-corrected chi connectivity index (χ0v) is 50.4. The van der Waals surface area contributed by atoms with Crippen LogP contribution in [-0.4, -0.2) is 47.4 Å². The molecule has 3 N–H and O–H groups in total. The van der Waals surface area contributed by atoms with E-state index in [0.29, 0.717) is 19.4 Å². The lowest BCUT2D eigenvalue weighted by Gasteiger charge is -2.20. The molecule has 0 aromatic carbocycles. The average molecular weight is 1040 g/mol. The smallest absolute Gasteiger partial charge is 0.305 e. The van der Waals surface area contributed by atoms with Gasteiger partial charge in [0.1, 0.15) is 0 Å². The molecular formula is C68H133NO5. The Balaban J connectivity index is 3.39. The highest BCUT2D eigenvalue weighted by atomic mass is 16.5. The van der Waals surface area contributed by atoms with Crippen LogP contribution in [0.15, 0.2) is 12.2 Å². The number of amides is 1. The van der Waals surface area contributed by atoms with Crippen LogP contribution in [0.25, 0.3) is 0 Å². The summed E-state index contributed by atoms with van der Waals surface area (Å²) in [6.45, 7) is 4.95. The van der Waals surface area contributed by atoms with Gasteiger partial charge < -0.3 is 20.3 Å². The van der Waals surface area contributed by atoms with Crippen LogP contribution in [0.4, 0.5) is 0 Å². The number of carbonyl (C=O) groups excluding carboxylic acids is 2. The van der Waals surface area contributed by atoms with Gasteiger partial charge in [-0.15, -0.1) is 0 Å². The van der Waals surface area contributed by atoms with E-state index >= 15 is 0 Å². The molecule has 440 valence electrons. The summed E-state index contributed by atoms with van der Waals surface area (Å²) in [6.07, 6.45) is 78.4. The summed E-state index contributed by atoms with van der Waals surface area (Å²) in [5.74, 6) is -0.0488. The van der Waals surface area contributed by atoms with Crippen molar-refractivity contribution in [3.05, 3.63) is 12.2 Å². The van der Waals surface area contributed by atoms with Crippen molar-refractivity contribution < 1.29 is 24.5 Å². The second-order valence-electron chi connectivity index (χ2n) is 23.5. The van der Waals surface area contributed by atoms with E-state index in [1.807, 2.05) is 6.08 Å². The van der Waals surface area contributed by atoms with Crippen LogP contribution in [0, 0.1) is 0 Å². The van der Waals surface area contributed by atoms with E-state index in [1.165, 1.54) is 321 Å². The lowest BCUT2D eigenvalue weighted by Crippen LogP contribution is -2.45. The Morgan fingerprint density at radius 3 is 0.919 bits per heavy atom. The Kier molecular flexibility index (Phi) is 62.9. The number of hydrogen-bond acceptors (Lipinski definition) is 5. The summed E-state index contributed by atoms with van der Waals surface area (Å²) in [5.41, 5.74) is 0. The lowest BCUT2D eigenvalue weighted by molar-refractivity contribution is -0.143. The Morgan fingerprint density at radius 1 is 0.365 bits per heavy atom. The largest absolute Gasteiger partial charge is 0.466 e. The first-order valence-electron chi connectivity index (χ1n) is 34.0. The van der Waals surface area contributed by atoms with Gasteiger partial charge in [0, 0.05) is 12.8 Å². The molecule has 0 fully saturated rings. The molecule has 0 aliphatic carbocycles. The van der Waals surface area contributed by atoms with Crippen LogP contribution in [-0.2, 0) is 14.3 Å². The number of allylic oxidation sites excluding steroid dienone is 1. The van der Waals surface area contributed by atoms with Crippen molar-refractivity contribution in [3.8, 4) is 0 Å². The lowest BCUT2D eigenvalue weighted by atomic mass is 10.0. The molecule has 0 aliphatic heterocycles. The third-order valence-electron chi connectivity index (χ3n) is 16.1. The molecule has 74 heavy (non-hydrogen) atoms.